The number of ether oxygens (including phenoxy) is 1. The summed E-state index contributed by atoms with van der Waals surface area (Å²) in [6, 6.07) is 8.30. The van der Waals surface area contributed by atoms with Gasteiger partial charge in [0.15, 0.2) is 0 Å². The Morgan fingerprint density at radius 2 is 2.05 bits per heavy atom. The molecular formula is C17H20N2O2. The summed E-state index contributed by atoms with van der Waals surface area (Å²) in [5.74, 6) is 1.69. The largest absolute Gasteiger partial charge is 0.489 e. The molecule has 4 heteroatoms. The van der Waals surface area contributed by atoms with Crippen LogP contribution in [0.3, 0.4) is 0 Å². The minimum absolute atomic E-state index is 0.493. The summed E-state index contributed by atoms with van der Waals surface area (Å²) in [5, 5.41) is 7.26. The van der Waals surface area contributed by atoms with E-state index in [4.69, 9.17) is 9.26 Å². The summed E-state index contributed by atoms with van der Waals surface area (Å²) in [7, 11) is 0. The summed E-state index contributed by atoms with van der Waals surface area (Å²) in [6.07, 6.45) is 3.34. The third-order valence-electron chi connectivity index (χ3n) is 3.85. The Balaban J connectivity index is 1.66. The van der Waals surface area contributed by atoms with Crippen LogP contribution in [0, 0.1) is 13.8 Å². The molecule has 1 N–H and O–H groups in total. The fraction of sp³-hybridized carbons (Fsp3) is 0.353. The van der Waals surface area contributed by atoms with Crippen molar-refractivity contribution in [3.05, 3.63) is 52.9 Å². The number of nitrogens with one attached hydrogen (secondary N) is 1. The van der Waals surface area contributed by atoms with E-state index in [9.17, 15) is 0 Å². The molecule has 0 unspecified atom stereocenters. The number of hydrogen-bond donors (Lipinski definition) is 1. The second-order valence-electron chi connectivity index (χ2n) is 5.30. The second kappa shape index (κ2) is 6.14. The molecule has 1 aromatic carbocycles. The number of hydrogen-bond acceptors (Lipinski definition) is 4. The molecule has 2 heterocycles. The lowest BCUT2D eigenvalue weighted by Crippen LogP contribution is -2.19. The third kappa shape index (κ3) is 3.16. The first kappa shape index (κ1) is 13.9. The van der Waals surface area contributed by atoms with Crippen molar-refractivity contribution >= 4 is 5.57 Å². The number of aryl methyl sites for hydroxylation is 2. The highest BCUT2D eigenvalue weighted by atomic mass is 16.5. The minimum atomic E-state index is 0.493. The highest BCUT2D eigenvalue weighted by Gasteiger charge is 2.10. The van der Waals surface area contributed by atoms with Crippen molar-refractivity contribution in [2.24, 2.45) is 0 Å². The highest BCUT2D eigenvalue weighted by molar-refractivity contribution is 5.67. The molecule has 0 bridgehead atoms. The van der Waals surface area contributed by atoms with Crippen LogP contribution in [0.15, 0.2) is 34.9 Å². The highest BCUT2D eigenvalue weighted by Crippen LogP contribution is 2.23. The zero-order valence-corrected chi connectivity index (χ0v) is 12.5. The Kier molecular flexibility index (Phi) is 4.06. The Labute approximate surface area is 124 Å². The molecule has 1 aromatic heterocycles. The maximum Gasteiger partial charge on any atom is 0.140 e. The third-order valence-corrected chi connectivity index (χ3v) is 3.85. The van der Waals surface area contributed by atoms with E-state index in [0.29, 0.717) is 6.61 Å². The predicted octanol–water partition coefficient (Wildman–Crippen LogP) is 3.25. The van der Waals surface area contributed by atoms with Crippen LogP contribution in [0.1, 0.15) is 29.0 Å². The first-order chi connectivity index (χ1) is 10.2. The van der Waals surface area contributed by atoms with Crippen LogP contribution in [-0.2, 0) is 6.61 Å². The molecule has 4 nitrogen and oxygen atoms in total. The molecule has 0 spiro atoms. The van der Waals surface area contributed by atoms with E-state index in [0.717, 1.165) is 42.3 Å². The molecule has 0 atom stereocenters. The van der Waals surface area contributed by atoms with E-state index >= 15 is 0 Å². The van der Waals surface area contributed by atoms with Gasteiger partial charge in [-0.1, -0.05) is 23.4 Å². The summed E-state index contributed by atoms with van der Waals surface area (Å²) < 4.78 is 11.0. The Bertz CT molecular complexity index is 622. The summed E-state index contributed by atoms with van der Waals surface area (Å²) in [4.78, 5) is 0. The van der Waals surface area contributed by atoms with Gasteiger partial charge in [-0.15, -0.1) is 0 Å². The van der Waals surface area contributed by atoms with Gasteiger partial charge in [-0.2, -0.15) is 0 Å². The molecule has 1 aliphatic heterocycles. The normalized spacial score (nSPS) is 14.9. The van der Waals surface area contributed by atoms with Crippen molar-refractivity contribution in [2.45, 2.75) is 26.9 Å². The van der Waals surface area contributed by atoms with E-state index < -0.39 is 0 Å². The average molecular weight is 284 g/mol. The van der Waals surface area contributed by atoms with Crippen LogP contribution in [-0.4, -0.2) is 18.2 Å². The molecule has 3 rings (SSSR count). The van der Waals surface area contributed by atoms with Gasteiger partial charge in [0.05, 0.1) is 11.3 Å². The maximum atomic E-state index is 5.82. The van der Waals surface area contributed by atoms with Crippen molar-refractivity contribution in [3.63, 3.8) is 0 Å². The lowest BCUT2D eigenvalue weighted by Gasteiger charge is -2.14. The Morgan fingerprint density at radius 1 is 1.24 bits per heavy atom. The molecule has 2 aromatic rings. The molecule has 0 aliphatic carbocycles. The van der Waals surface area contributed by atoms with Crippen LogP contribution in [0.5, 0.6) is 5.75 Å². The van der Waals surface area contributed by atoms with Gasteiger partial charge in [0, 0.05) is 6.54 Å². The van der Waals surface area contributed by atoms with Crippen LogP contribution < -0.4 is 10.1 Å². The summed E-state index contributed by atoms with van der Waals surface area (Å²) in [6.45, 7) is 6.34. The van der Waals surface area contributed by atoms with Crippen molar-refractivity contribution in [3.8, 4) is 5.75 Å². The molecule has 21 heavy (non-hydrogen) atoms. The van der Waals surface area contributed by atoms with Gasteiger partial charge in [0.25, 0.3) is 0 Å². The fourth-order valence-electron chi connectivity index (χ4n) is 2.51. The van der Waals surface area contributed by atoms with Gasteiger partial charge in [0.2, 0.25) is 0 Å². The molecule has 0 saturated carbocycles. The number of nitrogens with zero attached hydrogens (tertiary/aromatic N) is 1. The quantitative estimate of drug-likeness (QED) is 0.936. The molecule has 0 saturated heterocycles. The van der Waals surface area contributed by atoms with Gasteiger partial charge in [0.1, 0.15) is 18.1 Å². The van der Waals surface area contributed by atoms with Gasteiger partial charge in [-0.25, -0.2) is 0 Å². The lowest BCUT2D eigenvalue weighted by atomic mass is 10.0. The first-order valence-electron chi connectivity index (χ1n) is 7.29. The van der Waals surface area contributed by atoms with E-state index in [2.05, 4.69) is 28.7 Å². The number of benzene rings is 1. The Morgan fingerprint density at radius 3 is 2.67 bits per heavy atom. The molecule has 0 radical (unpaired) electrons. The monoisotopic (exact) mass is 284 g/mol. The Hall–Kier alpha value is -2.07. The smallest absolute Gasteiger partial charge is 0.140 e. The summed E-state index contributed by atoms with van der Waals surface area (Å²) >= 11 is 0. The van der Waals surface area contributed by atoms with Crippen LogP contribution in [0.4, 0.5) is 0 Å². The predicted molar refractivity (Wildman–Crippen MR) is 82.2 cm³/mol. The number of rotatable bonds is 4. The zero-order valence-electron chi connectivity index (χ0n) is 12.5. The molecule has 110 valence electrons. The van der Waals surface area contributed by atoms with E-state index in [1.807, 2.05) is 26.0 Å². The van der Waals surface area contributed by atoms with Crippen molar-refractivity contribution < 1.29 is 9.26 Å². The first-order valence-corrected chi connectivity index (χ1v) is 7.29. The fourth-order valence-corrected chi connectivity index (χ4v) is 2.51. The van der Waals surface area contributed by atoms with Crippen LogP contribution in [0.25, 0.3) is 5.57 Å². The minimum Gasteiger partial charge on any atom is -0.489 e. The maximum absolute atomic E-state index is 5.82. The van der Waals surface area contributed by atoms with Crippen LogP contribution >= 0.6 is 0 Å². The topological polar surface area (TPSA) is 47.3 Å². The van der Waals surface area contributed by atoms with Gasteiger partial charge in [-0.05, 0) is 50.1 Å². The molecular weight excluding hydrogens is 264 g/mol. The molecule has 1 aliphatic rings. The number of aromatic nitrogens is 1. The molecule has 0 fully saturated rings. The van der Waals surface area contributed by atoms with E-state index in [1.165, 1.54) is 11.1 Å². The van der Waals surface area contributed by atoms with Gasteiger partial charge < -0.3 is 14.6 Å². The lowest BCUT2D eigenvalue weighted by molar-refractivity contribution is 0.301. The summed E-state index contributed by atoms with van der Waals surface area (Å²) in [5.41, 5.74) is 4.61. The molecule has 0 amide bonds. The van der Waals surface area contributed by atoms with E-state index in [-0.39, 0.29) is 0 Å². The SMILES string of the molecule is Cc1noc(C)c1COc1ccc(C2=CCNCC2)cc1. The average Bonchev–Trinajstić information content (AvgIpc) is 2.85. The second-order valence-corrected chi connectivity index (χ2v) is 5.30. The van der Waals surface area contributed by atoms with Gasteiger partial charge in [-0.3, -0.25) is 0 Å². The standard InChI is InChI=1S/C17H20N2O2/c1-12-17(13(2)21-19-12)11-20-16-5-3-14(4-6-16)15-7-9-18-10-8-15/h3-7,18H,8-11H2,1-2H3. The van der Waals surface area contributed by atoms with Gasteiger partial charge >= 0.3 is 0 Å². The van der Waals surface area contributed by atoms with Crippen molar-refractivity contribution in [2.75, 3.05) is 13.1 Å². The van der Waals surface area contributed by atoms with Crippen molar-refractivity contribution in [1.82, 2.24) is 10.5 Å². The van der Waals surface area contributed by atoms with E-state index in [1.54, 1.807) is 0 Å². The van der Waals surface area contributed by atoms with Crippen molar-refractivity contribution in [1.29, 1.82) is 0 Å². The van der Waals surface area contributed by atoms with Crippen LogP contribution in [0.2, 0.25) is 0 Å². The zero-order chi connectivity index (χ0) is 14.7.